The third-order valence-electron chi connectivity index (χ3n) is 4.10. The van der Waals surface area contributed by atoms with E-state index in [1.807, 2.05) is 25.1 Å². The van der Waals surface area contributed by atoms with Gasteiger partial charge in [-0.25, -0.2) is 4.39 Å². The van der Waals surface area contributed by atoms with Crippen LogP contribution in [-0.2, 0) is 11.3 Å². The fourth-order valence-corrected chi connectivity index (χ4v) is 2.77. The Balaban J connectivity index is 0.00000243. The van der Waals surface area contributed by atoms with Crippen molar-refractivity contribution in [1.29, 1.82) is 0 Å². The summed E-state index contributed by atoms with van der Waals surface area (Å²) in [6.45, 7) is 2.49. The van der Waals surface area contributed by atoms with Crippen molar-refractivity contribution in [3.63, 3.8) is 0 Å². The summed E-state index contributed by atoms with van der Waals surface area (Å²) in [5.41, 5.74) is 7.52. The number of hydrogen-bond acceptors (Lipinski definition) is 4. The number of anilines is 1. The van der Waals surface area contributed by atoms with Crippen LogP contribution < -0.4 is 20.1 Å². The van der Waals surface area contributed by atoms with E-state index in [0.29, 0.717) is 30.2 Å². The predicted molar refractivity (Wildman–Crippen MR) is 100 cm³/mol. The van der Waals surface area contributed by atoms with E-state index in [1.165, 1.54) is 12.1 Å². The molecule has 1 aliphatic heterocycles. The van der Waals surface area contributed by atoms with E-state index >= 15 is 0 Å². The highest BCUT2D eigenvalue weighted by Gasteiger charge is 2.23. The van der Waals surface area contributed by atoms with Crippen LogP contribution in [0.2, 0.25) is 0 Å². The van der Waals surface area contributed by atoms with Crippen molar-refractivity contribution in [3.05, 3.63) is 53.8 Å². The SMILES string of the molecule is CCCC(N)C(=O)N(Cc1ccc2c(c1)OCO2)c1ccc(F)cc1.Cl. The van der Waals surface area contributed by atoms with Gasteiger partial charge in [-0.3, -0.25) is 4.79 Å². The summed E-state index contributed by atoms with van der Waals surface area (Å²) in [6.07, 6.45) is 1.41. The van der Waals surface area contributed by atoms with Crippen molar-refractivity contribution in [3.8, 4) is 11.5 Å². The molecule has 7 heteroatoms. The Morgan fingerprint density at radius 2 is 1.88 bits per heavy atom. The lowest BCUT2D eigenvalue weighted by atomic mass is 10.1. The number of benzene rings is 2. The Kier molecular flexibility index (Phi) is 6.83. The summed E-state index contributed by atoms with van der Waals surface area (Å²) in [5.74, 6) is 0.802. The molecule has 26 heavy (non-hydrogen) atoms. The minimum atomic E-state index is -0.593. The minimum absolute atomic E-state index is 0. The first-order chi connectivity index (χ1) is 12.1. The van der Waals surface area contributed by atoms with Gasteiger partial charge in [0.2, 0.25) is 12.7 Å². The molecule has 2 N–H and O–H groups in total. The lowest BCUT2D eigenvalue weighted by molar-refractivity contribution is -0.120. The van der Waals surface area contributed by atoms with E-state index in [2.05, 4.69) is 0 Å². The number of carbonyl (C=O) groups excluding carboxylic acids is 1. The second-order valence-corrected chi connectivity index (χ2v) is 5.98. The van der Waals surface area contributed by atoms with Crippen LogP contribution in [0.4, 0.5) is 10.1 Å². The van der Waals surface area contributed by atoms with Gasteiger partial charge in [0.05, 0.1) is 12.6 Å². The monoisotopic (exact) mass is 380 g/mol. The zero-order valence-electron chi connectivity index (χ0n) is 14.5. The molecule has 1 atom stereocenters. The standard InChI is InChI=1S/C19H21FN2O3.ClH/c1-2-3-16(21)19(23)22(15-7-5-14(20)6-8-15)11-13-4-9-17-18(10-13)25-12-24-17;/h4-10,16H,2-3,11-12,21H2,1H3;1H. The normalized spacial score (nSPS) is 13.0. The third kappa shape index (κ3) is 4.45. The molecule has 0 saturated heterocycles. The number of nitrogens with two attached hydrogens (primary N) is 1. The third-order valence-corrected chi connectivity index (χ3v) is 4.10. The molecule has 140 valence electrons. The average molecular weight is 381 g/mol. The van der Waals surface area contributed by atoms with E-state index in [-0.39, 0.29) is 30.9 Å². The molecule has 1 aliphatic rings. The summed E-state index contributed by atoms with van der Waals surface area (Å²) in [4.78, 5) is 14.4. The Labute approximate surface area is 158 Å². The molecule has 1 heterocycles. The van der Waals surface area contributed by atoms with E-state index in [9.17, 15) is 9.18 Å². The number of fused-ring (bicyclic) bond motifs is 1. The van der Waals surface area contributed by atoms with Gasteiger partial charge in [0.15, 0.2) is 11.5 Å². The molecule has 1 unspecified atom stereocenters. The smallest absolute Gasteiger partial charge is 0.244 e. The maximum absolute atomic E-state index is 13.2. The molecule has 2 aromatic carbocycles. The van der Waals surface area contributed by atoms with Crippen LogP contribution in [-0.4, -0.2) is 18.7 Å². The highest BCUT2D eigenvalue weighted by atomic mass is 35.5. The summed E-state index contributed by atoms with van der Waals surface area (Å²) in [5, 5.41) is 0. The first-order valence-corrected chi connectivity index (χ1v) is 8.29. The Hall–Kier alpha value is -2.31. The largest absolute Gasteiger partial charge is 0.454 e. The van der Waals surface area contributed by atoms with Gasteiger partial charge in [0, 0.05) is 5.69 Å². The van der Waals surface area contributed by atoms with Gasteiger partial charge in [0.1, 0.15) is 5.82 Å². The molecular weight excluding hydrogens is 359 g/mol. The molecule has 2 aromatic rings. The van der Waals surface area contributed by atoms with Crippen LogP contribution in [0.1, 0.15) is 25.3 Å². The molecule has 0 saturated carbocycles. The molecule has 5 nitrogen and oxygen atoms in total. The van der Waals surface area contributed by atoms with E-state index in [4.69, 9.17) is 15.2 Å². The maximum atomic E-state index is 13.2. The van der Waals surface area contributed by atoms with Gasteiger partial charge in [-0.2, -0.15) is 0 Å². The molecular formula is C19H22ClFN2O3. The predicted octanol–water partition coefficient (Wildman–Crippen LogP) is 3.64. The molecule has 0 spiro atoms. The van der Waals surface area contributed by atoms with Crippen LogP contribution >= 0.6 is 12.4 Å². The van der Waals surface area contributed by atoms with Crippen LogP contribution in [0.3, 0.4) is 0 Å². The molecule has 1 amide bonds. The van der Waals surface area contributed by atoms with Crippen molar-refractivity contribution >= 4 is 24.0 Å². The van der Waals surface area contributed by atoms with Gasteiger partial charge >= 0.3 is 0 Å². The quantitative estimate of drug-likeness (QED) is 0.831. The van der Waals surface area contributed by atoms with Gasteiger partial charge in [-0.05, 0) is 48.4 Å². The van der Waals surface area contributed by atoms with Crippen molar-refractivity contribution in [2.24, 2.45) is 5.73 Å². The highest BCUT2D eigenvalue weighted by Crippen LogP contribution is 2.33. The highest BCUT2D eigenvalue weighted by molar-refractivity contribution is 5.97. The Morgan fingerprint density at radius 1 is 1.19 bits per heavy atom. The number of carbonyl (C=O) groups is 1. The first-order valence-electron chi connectivity index (χ1n) is 8.29. The molecule has 0 aromatic heterocycles. The van der Waals surface area contributed by atoms with Crippen molar-refractivity contribution in [1.82, 2.24) is 0 Å². The first kappa shape index (κ1) is 20.0. The number of hydrogen-bond donors (Lipinski definition) is 1. The summed E-state index contributed by atoms with van der Waals surface area (Å²) < 4.78 is 23.9. The van der Waals surface area contributed by atoms with Crippen LogP contribution in [0.25, 0.3) is 0 Å². The summed E-state index contributed by atoms with van der Waals surface area (Å²) >= 11 is 0. The lowest BCUT2D eigenvalue weighted by Gasteiger charge is -2.26. The number of halogens is 2. The average Bonchev–Trinajstić information content (AvgIpc) is 3.08. The maximum Gasteiger partial charge on any atom is 0.244 e. The van der Waals surface area contributed by atoms with Gasteiger partial charge in [-0.1, -0.05) is 19.4 Å². The number of amides is 1. The second-order valence-electron chi connectivity index (χ2n) is 5.98. The minimum Gasteiger partial charge on any atom is -0.454 e. The fraction of sp³-hybridized carbons (Fsp3) is 0.316. The van der Waals surface area contributed by atoms with Gasteiger partial charge in [0.25, 0.3) is 0 Å². The molecule has 0 bridgehead atoms. The van der Waals surface area contributed by atoms with Crippen LogP contribution in [0.5, 0.6) is 11.5 Å². The Morgan fingerprint density at radius 3 is 2.58 bits per heavy atom. The Bertz CT molecular complexity index is 755. The zero-order valence-corrected chi connectivity index (χ0v) is 15.3. The topological polar surface area (TPSA) is 64.8 Å². The number of ether oxygens (including phenoxy) is 2. The summed E-state index contributed by atoms with van der Waals surface area (Å²) in [6, 6.07) is 10.8. The number of rotatable bonds is 6. The molecule has 0 aliphatic carbocycles. The fourth-order valence-electron chi connectivity index (χ4n) is 2.77. The second kappa shape index (κ2) is 8.87. The van der Waals surface area contributed by atoms with Gasteiger partial charge in [-0.15, -0.1) is 12.4 Å². The zero-order chi connectivity index (χ0) is 17.8. The number of nitrogens with zero attached hydrogens (tertiary/aromatic N) is 1. The molecule has 0 fully saturated rings. The van der Waals surface area contributed by atoms with E-state index in [1.54, 1.807) is 17.0 Å². The van der Waals surface area contributed by atoms with Gasteiger partial charge < -0.3 is 20.1 Å². The molecule has 3 rings (SSSR count). The van der Waals surface area contributed by atoms with Crippen molar-refractivity contribution in [2.45, 2.75) is 32.4 Å². The summed E-state index contributed by atoms with van der Waals surface area (Å²) in [7, 11) is 0. The van der Waals surface area contributed by atoms with Crippen molar-refractivity contribution in [2.75, 3.05) is 11.7 Å². The van der Waals surface area contributed by atoms with Crippen LogP contribution in [0, 0.1) is 5.82 Å². The van der Waals surface area contributed by atoms with Crippen LogP contribution in [0.15, 0.2) is 42.5 Å². The lowest BCUT2D eigenvalue weighted by Crippen LogP contribution is -2.43. The molecule has 0 radical (unpaired) electrons. The van der Waals surface area contributed by atoms with Crippen molar-refractivity contribution < 1.29 is 18.7 Å². The van der Waals surface area contributed by atoms with E-state index < -0.39 is 6.04 Å². The van der Waals surface area contributed by atoms with E-state index in [0.717, 1.165) is 12.0 Å².